The standard InChI is InChI=1S/C26H24N2O5/c1-17(29)20-10-7-11-21(16-20)27-26(31)22(28-25(30)19-8-5-4-6-9-19)14-18-12-13-23(32-2)24(15-18)33-3/h4-16H,1-3H3,(H,27,31)(H,28,30)/b22-14-. The smallest absolute Gasteiger partial charge is 0.272 e. The number of rotatable bonds is 8. The van der Waals surface area contributed by atoms with Crippen molar-refractivity contribution in [2.45, 2.75) is 6.92 Å². The van der Waals surface area contributed by atoms with Crippen LogP contribution in [0.4, 0.5) is 5.69 Å². The van der Waals surface area contributed by atoms with Crippen molar-refractivity contribution in [3.05, 3.63) is 95.2 Å². The van der Waals surface area contributed by atoms with Crippen LogP contribution < -0.4 is 20.1 Å². The molecule has 2 amide bonds. The Hall–Kier alpha value is -4.39. The molecule has 0 radical (unpaired) electrons. The minimum absolute atomic E-state index is 0.0179. The number of anilines is 1. The highest BCUT2D eigenvalue weighted by molar-refractivity contribution is 6.11. The van der Waals surface area contributed by atoms with E-state index in [4.69, 9.17) is 9.47 Å². The largest absolute Gasteiger partial charge is 0.493 e. The second kappa shape index (κ2) is 10.8. The molecule has 33 heavy (non-hydrogen) atoms. The van der Waals surface area contributed by atoms with Gasteiger partial charge in [-0.25, -0.2) is 0 Å². The van der Waals surface area contributed by atoms with Crippen molar-refractivity contribution in [3.8, 4) is 11.5 Å². The van der Waals surface area contributed by atoms with Gasteiger partial charge in [-0.2, -0.15) is 0 Å². The summed E-state index contributed by atoms with van der Waals surface area (Å²) >= 11 is 0. The molecule has 0 aliphatic rings. The number of Topliss-reactive ketones (excluding diaryl/α,β-unsaturated/α-hetero) is 1. The second-order valence-electron chi connectivity index (χ2n) is 7.08. The van der Waals surface area contributed by atoms with Gasteiger partial charge >= 0.3 is 0 Å². The van der Waals surface area contributed by atoms with Crippen molar-refractivity contribution in [2.24, 2.45) is 0 Å². The zero-order chi connectivity index (χ0) is 23.8. The van der Waals surface area contributed by atoms with Crippen LogP contribution in [-0.2, 0) is 4.79 Å². The van der Waals surface area contributed by atoms with Gasteiger partial charge in [-0.05, 0) is 55.0 Å². The fraction of sp³-hybridized carbons (Fsp3) is 0.115. The van der Waals surface area contributed by atoms with Gasteiger partial charge < -0.3 is 20.1 Å². The first-order valence-corrected chi connectivity index (χ1v) is 10.1. The van der Waals surface area contributed by atoms with Crippen molar-refractivity contribution >= 4 is 29.4 Å². The molecule has 3 rings (SSSR count). The van der Waals surface area contributed by atoms with Gasteiger partial charge in [-0.3, -0.25) is 14.4 Å². The quantitative estimate of drug-likeness (QED) is 0.399. The lowest BCUT2D eigenvalue weighted by Crippen LogP contribution is -2.30. The lowest BCUT2D eigenvalue weighted by Gasteiger charge is -2.13. The number of hydrogen-bond acceptors (Lipinski definition) is 5. The van der Waals surface area contributed by atoms with Crippen LogP contribution in [0.5, 0.6) is 11.5 Å². The molecule has 0 spiro atoms. The molecule has 7 nitrogen and oxygen atoms in total. The van der Waals surface area contributed by atoms with E-state index < -0.39 is 11.8 Å². The first-order valence-electron chi connectivity index (χ1n) is 10.1. The SMILES string of the molecule is COc1ccc(/C=C(\NC(=O)c2ccccc2)C(=O)Nc2cccc(C(C)=O)c2)cc1OC. The summed E-state index contributed by atoms with van der Waals surface area (Å²) < 4.78 is 10.6. The van der Waals surface area contributed by atoms with Crippen LogP contribution in [0.1, 0.15) is 33.2 Å². The summed E-state index contributed by atoms with van der Waals surface area (Å²) in [4.78, 5) is 37.5. The van der Waals surface area contributed by atoms with E-state index in [1.54, 1.807) is 72.8 Å². The summed E-state index contributed by atoms with van der Waals surface area (Å²) in [6.07, 6.45) is 1.53. The van der Waals surface area contributed by atoms with Crippen molar-refractivity contribution in [3.63, 3.8) is 0 Å². The van der Waals surface area contributed by atoms with E-state index in [9.17, 15) is 14.4 Å². The first kappa shape index (κ1) is 23.3. The first-order chi connectivity index (χ1) is 15.9. The average Bonchev–Trinajstić information content (AvgIpc) is 2.84. The minimum atomic E-state index is -0.547. The topological polar surface area (TPSA) is 93.7 Å². The normalized spacial score (nSPS) is 10.8. The van der Waals surface area contributed by atoms with E-state index in [1.165, 1.54) is 27.2 Å². The Morgan fingerprint density at radius 1 is 0.788 bits per heavy atom. The molecule has 7 heteroatoms. The number of benzene rings is 3. The number of ether oxygens (including phenoxy) is 2. The van der Waals surface area contributed by atoms with E-state index in [2.05, 4.69) is 10.6 Å². The van der Waals surface area contributed by atoms with Gasteiger partial charge in [0.15, 0.2) is 17.3 Å². The highest BCUT2D eigenvalue weighted by Crippen LogP contribution is 2.28. The van der Waals surface area contributed by atoms with Crippen molar-refractivity contribution in [2.75, 3.05) is 19.5 Å². The molecule has 3 aromatic carbocycles. The van der Waals surface area contributed by atoms with Crippen LogP contribution in [0.25, 0.3) is 6.08 Å². The Bertz CT molecular complexity index is 1200. The molecule has 0 aromatic heterocycles. The molecule has 0 saturated heterocycles. The van der Waals surface area contributed by atoms with E-state index in [0.29, 0.717) is 33.9 Å². The van der Waals surface area contributed by atoms with Gasteiger partial charge in [-0.15, -0.1) is 0 Å². The Morgan fingerprint density at radius 3 is 2.15 bits per heavy atom. The van der Waals surface area contributed by atoms with Crippen molar-refractivity contribution in [1.82, 2.24) is 5.32 Å². The van der Waals surface area contributed by atoms with E-state index in [-0.39, 0.29) is 11.5 Å². The lowest BCUT2D eigenvalue weighted by atomic mass is 10.1. The molecule has 0 aliphatic heterocycles. The predicted octanol–water partition coefficient (Wildman–Crippen LogP) is 4.32. The summed E-state index contributed by atoms with van der Waals surface area (Å²) in [7, 11) is 3.04. The van der Waals surface area contributed by atoms with Crippen LogP contribution in [0, 0.1) is 0 Å². The number of hydrogen-bond donors (Lipinski definition) is 2. The monoisotopic (exact) mass is 444 g/mol. The summed E-state index contributed by atoms with van der Waals surface area (Å²) in [6.45, 7) is 1.45. The summed E-state index contributed by atoms with van der Waals surface area (Å²) in [5.74, 6) is -0.0844. The third kappa shape index (κ3) is 6.07. The van der Waals surface area contributed by atoms with Gasteiger partial charge in [0.2, 0.25) is 0 Å². The van der Waals surface area contributed by atoms with Crippen molar-refractivity contribution in [1.29, 1.82) is 0 Å². The summed E-state index contributed by atoms with van der Waals surface area (Å²) in [5.41, 5.74) is 1.93. The van der Waals surface area contributed by atoms with E-state index in [1.807, 2.05) is 0 Å². The van der Waals surface area contributed by atoms with Gasteiger partial charge in [0.1, 0.15) is 5.70 Å². The Labute approximate surface area is 192 Å². The van der Waals surface area contributed by atoms with Crippen LogP contribution >= 0.6 is 0 Å². The summed E-state index contributed by atoms with van der Waals surface area (Å²) in [6, 6.07) is 20.3. The third-order valence-corrected chi connectivity index (χ3v) is 4.77. The maximum atomic E-state index is 13.1. The number of methoxy groups -OCH3 is 2. The number of nitrogens with one attached hydrogen (secondary N) is 2. The highest BCUT2D eigenvalue weighted by Gasteiger charge is 2.16. The molecule has 2 N–H and O–H groups in total. The zero-order valence-corrected chi connectivity index (χ0v) is 18.5. The van der Waals surface area contributed by atoms with Gasteiger partial charge in [0.25, 0.3) is 11.8 Å². The molecular weight excluding hydrogens is 420 g/mol. The van der Waals surface area contributed by atoms with E-state index in [0.717, 1.165) is 0 Å². The number of ketones is 1. The lowest BCUT2D eigenvalue weighted by molar-refractivity contribution is -0.113. The van der Waals surface area contributed by atoms with Gasteiger partial charge in [0.05, 0.1) is 14.2 Å². The molecule has 0 aliphatic carbocycles. The molecular formula is C26H24N2O5. The van der Waals surface area contributed by atoms with Gasteiger partial charge in [-0.1, -0.05) is 36.4 Å². The van der Waals surface area contributed by atoms with Crippen LogP contribution in [0.3, 0.4) is 0 Å². The molecule has 0 heterocycles. The number of amides is 2. The highest BCUT2D eigenvalue weighted by atomic mass is 16.5. The average molecular weight is 444 g/mol. The van der Waals surface area contributed by atoms with Crippen molar-refractivity contribution < 1.29 is 23.9 Å². The Balaban J connectivity index is 1.95. The molecule has 0 fully saturated rings. The maximum Gasteiger partial charge on any atom is 0.272 e. The molecule has 0 unspecified atom stereocenters. The second-order valence-corrected chi connectivity index (χ2v) is 7.08. The number of carbonyl (C=O) groups is 3. The minimum Gasteiger partial charge on any atom is -0.493 e. The molecule has 168 valence electrons. The molecule has 0 atom stereocenters. The third-order valence-electron chi connectivity index (χ3n) is 4.77. The van der Waals surface area contributed by atoms with Gasteiger partial charge in [0, 0.05) is 16.8 Å². The summed E-state index contributed by atoms with van der Waals surface area (Å²) in [5, 5.41) is 5.41. The molecule has 3 aromatic rings. The van der Waals surface area contributed by atoms with Crippen LogP contribution in [0.15, 0.2) is 78.5 Å². The Kier molecular flexibility index (Phi) is 7.60. The Morgan fingerprint density at radius 2 is 1.48 bits per heavy atom. The predicted molar refractivity (Wildman–Crippen MR) is 127 cm³/mol. The van der Waals surface area contributed by atoms with Crippen LogP contribution in [0.2, 0.25) is 0 Å². The van der Waals surface area contributed by atoms with Crippen LogP contribution in [-0.4, -0.2) is 31.8 Å². The fourth-order valence-corrected chi connectivity index (χ4v) is 3.07. The van der Waals surface area contributed by atoms with E-state index >= 15 is 0 Å². The molecule has 0 saturated carbocycles. The zero-order valence-electron chi connectivity index (χ0n) is 18.5. The fourth-order valence-electron chi connectivity index (χ4n) is 3.07. The molecule has 0 bridgehead atoms. The number of carbonyl (C=O) groups excluding carboxylic acids is 3. The maximum absolute atomic E-state index is 13.1.